The van der Waals surface area contributed by atoms with Crippen LogP contribution in [0.15, 0.2) is 6.07 Å². The molecule has 3 heterocycles. The summed E-state index contributed by atoms with van der Waals surface area (Å²) in [6.45, 7) is 12.6. The Morgan fingerprint density at radius 2 is 1.68 bits per heavy atom. The number of likely N-dealkylation sites (N-methyl/N-ethyl adjacent to an activating group) is 1. The Morgan fingerprint density at radius 3 is 2.44 bits per heavy atom. The van der Waals surface area contributed by atoms with Crippen LogP contribution in [0.1, 0.15) is 47.4 Å². The van der Waals surface area contributed by atoms with Gasteiger partial charge in [-0.2, -0.15) is 0 Å². The fourth-order valence-electron chi connectivity index (χ4n) is 4.21. The number of carbonyl (C=O) groups is 1. The topological polar surface area (TPSA) is 31.7 Å². The number of likely N-dealkylation sites (tertiary alicyclic amines) is 1. The minimum absolute atomic E-state index is 0.215. The molecule has 5 nitrogen and oxygen atoms in total. The maximum atomic E-state index is 13.0. The van der Waals surface area contributed by atoms with Gasteiger partial charge in [0.15, 0.2) is 0 Å². The predicted octanol–water partition coefficient (Wildman–Crippen LogP) is 2.37. The van der Waals surface area contributed by atoms with Gasteiger partial charge in [0.05, 0.1) is 5.56 Å². The van der Waals surface area contributed by atoms with Gasteiger partial charge < -0.3 is 19.3 Å². The van der Waals surface area contributed by atoms with Crippen molar-refractivity contribution in [3.05, 3.63) is 23.0 Å². The molecule has 5 heteroatoms. The van der Waals surface area contributed by atoms with E-state index in [4.69, 9.17) is 0 Å². The van der Waals surface area contributed by atoms with E-state index in [1.54, 1.807) is 0 Å². The lowest BCUT2D eigenvalue weighted by Crippen LogP contribution is -2.35. The number of rotatable bonds is 4. The molecule has 0 aliphatic carbocycles. The van der Waals surface area contributed by atoms with Crippen LogP contribution in [0.4, 0.5) is 0 Å². The minimum atomic E-state index is 0.215. The molecular formula is C20H34N4O. The third kappa shape index (κ3) is 4.45. The van der Waals surface area contributed by atoms with Crippen molar-refractivity contribution < 1.29 is 4.79 Å². The maximum Gasteiger partial charge on any atom is 0.255 e. The zero-order chi connectivity index (χ0) is 17.8. The lowest BCUT2D eigenvalue weighted by atomic mass is 10.1. The Labute approximate surface area is 152 Å². The van der Waals surface area contributed by atoms with E-state index in [2.05, 4.69) is 41.3 Å². The molecule has 2 saturated heterocycles. The van der Waals surface area contributed by atoms with E-state index in [0.29, 0.717) is 0 Å². The zero-order valence-corrected chi connectivity index (χ0v) is 16.3. The van der Waals surface area contributed by atoms with Crippen LogP contribution in [-0.4, -0.2) is 78.0 Å². The van der Waals surface area contributed by atoms with E-state index in [0.717, 1.165) is 56.9 Å². The summed E-state index contributed by atoms with van der Waals surface area (Å²) in [5.41, 5.74) is 3.25. The van der Waals surface area contributed by atoms with Crippen molar-refractivity contribution in [2.24, 2.45) is 0 Å². The van der Waals surface area contributed by atoms with Gasteiger partial charge in [-0.25, -0.2) is 0 Å². The van der Waals surface area contributed by atoms with Crippen LogP contribution in [0.5, 0.6) is 0 Å². The number of aromatic nitrogens is 1. The molecule has 1 aromatic rings. The highest BCUT2D eigenvalue weighted by atomic mass is 16.2. The van der Waals surface area contributed by atoms with Gasteiger partial charge in [0.2, 0.25) is 0 Å². The van der Waals surface area contributed by atoms with Crippen molar-refractivity contribution in [1.29, 1.82) is 0 Å². The molecule has 0 saturated carbocycles. The van der Waals surface area contributed by atoms with E-state index < -0.39 is 0 Å². The fraction of sp³-hybridized carbons (Fsp3) is 0.750. The van der Waals surface area contributed by atoms with E-state index >= 15 is 0 Å². The smallest absolute Gasteiger partial charge is 0.255 e. The summed E-state index contributed by atoms with van der Waals surface area (Å²) >= 11 is 0. The Morgan fingerprint density at radius 1 is 0.920 bits per heavy atom. The molecule has 0 N–H and O–H groups in total. The number of aryl methyl sites for hydroxylation is 1. The second kappa shape index (κ2) is 8.37. The van der Waals surface area contributed by atoms with Crippen molar-refractivity contribution >= 4 is 5.91 Å². The van der Waals surface area contributed by atoms with Crippen LogP contribution in [0.25, 0.3) is 0 Å². The van der Waals surface area contributed by atoms with Gasteiger partial charge in [0.1, 0.15) is 0 Å². The first-order chi connectivity index (χ1) is 12.1. The molecular weight excluding hydrogens is 312 g/mol. The Bertz CT molecular complexity index is 589. The van der Waals surface area contributed by atoms with E-state index in [1.807, 2.05) is 4.90 Å². The van der Waals surface area contributed by atoms with Crippen LogP contribution in [0, 0.1) is 13.8 Å². The van der Waals surface area contributed by atoms with Crippen LogP contribution in [-0.2, 0) is 6.54 Å². The van der Waals surface area contributed by atoms with Crippen molar-refractivity contribution in [1.82, 2.24) is 19.3 Å². The second-order valence-electron chi connectivity index (χ2n) is 7.79. The van der Waals surface area contributed by atoms with Gasteiger partial charge in [-0.15, -0.1) is 0 Å². The number of hydrogen-bond acceptors (Lipinski definition) is 3. The average molecular weight is 347 g/mol. The van der Waals surface area contributed by atoms with Crippen LogP contribution >= 0.6 is 0 Å². The number of nitrogens with zero attached hydrogens (tertiary/aromatic N) is 4. The summed E-state index contributed by atoms with van der Waals surface area (Å²) in [7, 11) is 2.14. The SMILES string of the molecule is Cc1cc(C(=O)N2CCCN(C)CC2)c(C)n1CCN1CCCCC1. The molecule has 2 aliphatic heterocycles. The van der Waals surface area contributed by atoms with Crippen LogP contribution in [0.3, 0.4) is 0 Å². The summed E-state index contributed by atoms with van der Waals surface area (Å²) < 4.78 is 2.34. The number of carbonyl (C=O) groups excluding carboxylic acids is 1. The number of hydrogen-bond donors (Lipinski definition) is 0. The molecule has 2 aliphatic rings. The highest BCUT2D eigenvalue weighted by Crippen LogP contribution is 2.19. The molecule has 0 radical (unpaired) electrons. The third-order valence-electron chi connectivity index (χ3n) is 5.90. The highest BCUT2D eigenvalue weighted by molar-refractivity contribution is 5.95. The lowest BCUT2D eigenvalue weighted by Gasteiger charge is -2.27. The van der Waals surface area contributed by atoms with E-state index in [-0.39, 0.29) is 5.91 Å². The molecule has 0 aromatic carbocycles. The number of piperidine rings is 1. The highest BCUT2D eigenvalue weighted by Gasteiger charge is 2.23. The second-order valence-corrected chi connectivity index (χ2v) is 7.79. The summed E-state index contributed by atoms with van der Waals surface area (Å²) in [6, 6.07) is 2.10. The van der Waals surface area contributed by atoms with Crippen molar-refractivity contribution in [2.75, 3.05) is 52.9 Å². The quantitative estimate of drug-likeness (QED) is 0.839. The van der Waals surface area contributed by atoms with E-state index in [9.17, 15) is 4.79 Å². The molecule has 140 valence electrons. The summed E-state index contributed by atoms with van der Waals surface area (Å²) in [5, 5.41) is 0. The normalized spacial score (nSPS) is 20.7. The Balaban J connectivity index is 1.66. The first kappa shape index (κ1) is 18.5. The van der Waals surface area contributed by atoms with Gasteiger partial charge >= 0.3 is 0 Å². The monoisotopic (exact) mass is 346 g/mol. The molecule has 2 fully saturated rings. The Kier molecular flexibility index (Phi) is 6.18. The molecule has 0 spiro atoms. The average Bonchev–Trinajstić information content (AvgIpc) is 2.76. The van der Waals surface area contributed by atoms with Crippen molar-refractivity contribution in [3.63, 3.8) is 0 Å². The molecule has 1 aromatic heterocycles. The largest absolute Gasteiger partial charge is 0.347 e. The van der Waals surface area contributed by atoms with Gasteiger partial charge in [-0.3, -0.25) is 4.79 Å². The predicted molar refractivity (Wildman–Crippen MR) is 102 cm³/mol. The molecule has 1 amide bonds. The van der Waals surface area contributed by atoms with Crippen molar-refractivity contribution in [3.8, 4) is 0 Å². The Hall–Kier alpha value is -1.33. The molecule has 3 rings (SSSR count). The van der Waals surface area contributed by atoms with Gasteiger partial charge in [0, 0.05) is 44.1 Å². The van der Waals surface area contributed by atoms with Gasteiger partial charge in [0.25, 0.3) is 5.91 Å². The van der Waals surface area contributed by atoms with Crippen LogP contribution in [0.2, 0.25) is 0 Å². The molecule has 0 atom stereocenters. The summed E-state index contributed by atoms with van der Waals surface area (Å²) in [5.74, 6) is 0.215. The lowest BCUT2D eigenvalue weighted by molar-refractivity contribution is 0.0762. The van der Waals surface area contributed by atoms with E-state index in [1.165, 1.54) is 38.0 Å². The van der Waals surface area contributed by atoms with Crippen LogP contribution < -0.4 is 0 Å². The maximum absolute atomic E-state index is 13.0. The van der Waals surface area contributed by atoms with Crippen molar-refractivity contribution in [2.45, 2.75) is 46.1 Å². The molecule has 0 bridgehead atoms. The first-order valence-corrected chi connectivity index (χ1v) is 9.93. The minimum Gasteiger partial charge on any atom is -0.347 e. The molecule has 0 unspecified atom stereocenters. The van der Waals surface area contributed by atoms with Gasteiger partial charge in [-0.05, 0) is 65.9 Å². The fourth-order valence-corrected chi connectivity index (χ4v) is 4.21. The third-order valence-corrected chi connectivity index (χ3v) is 5.90. The standard InChI is InChI=1S/C20H34N4O/c1-17-16-19(20(25)23-11-7-8-21(3)12-14-23)18(2)24(17)15-13-22-9-5-4-6-10-22/h16H,4-15H2,1-3H3. The summed E-state index contributed by atoms with van der Waals surface area (Å²) in [4.78, 5) is 20.0. The first-order valence-electron chi connectivity index (χ1n) is 9.93. The number of amides is 1. The molecule has 25 heavy (non-hydrogen) atoms. The van der Waals surface area contributed by atoms with Gasteiger partial charge in [-0.1, -0.05) is 6.42 Å². The zero-order valence-electron chi connectivity index (χ0n) is 16.3. The summed E-state index contributed by atoms with van der Waals surface area (Å²) in [6.07, 6.45) is 5.10.